The summed E-state index contributed by atoms with van der Waals surface area (Å²) in [6.45, 7) is 2.60. The van der Waals surface area contributed by atoms with Crippen LogP contribution in [0.25, 0.3) is 0 Å². The lowest BCUT2D eigenvalue weighted by Crippen LogP contribution is -2.23. The molecule has 1 saturated carbocycles. The van der Waals surface area contributed by atoms with Crippen LogP contribution in [0.3, 0.4) is 0 Å². The molecule has 2 N–H and O–H groups in total. The summed E-state index contributed by atoms with van der Waals surface area (Å²) in [4.78, 5) is 11.8. The summed E-state index contributed by atoms with van der Waals surface area (Å²) in [7, 11) is 0. The topological polar surface area (TPSA) is 41.1 Å². The summed E-state index contributed by atoms with van der Waals surface area (Å²) < 4.78 is 0. The highest BCUT2D eigenvalue weighted by molar-refractivity contribution is 5.95. The predicted molar refractivity (Wildman–Crippen MR) is 79.6 cm³/mol. The van der Waals surface area contributed by atoms with Crippen LogP contribution < -0.4 is 10.6 Å². The van der Waals surface area contributed by atoms with Crippen LogP contribution in [0, 0.1) is 0 Å². The van der Waals surface area contributed by atoms with Crippen molar-refractivity contribution in [2.24, 2.45) is 0 Å². The molecule has 0 aromatic heterocycles. The fourth-order valence-electron chi connectivity index (χ4n) is 2.67. The van der Waals surface area contributed by atoms with Gasteiger partial charge in [0, 0.05) is 23.8 Å². The molecule has 2 rings (SSSR count). The minimum absolute atomic E-state index is 0.00650. The fourth-order valence-corrected chi connectivity index (χ4v) is 2.67. The molecule has 19 heavy (non-hydrogen) atoms. The Morgan fingerprint density at radius 2 is 1.95 bits per heavy atom. The maximum absolute atomic E-state index is 11.8. The Bertz CT molecular complexity index is 409. The van der Waals surface area contributed by atoms with Gasteiger partial charge in [0.2, 0.25) is 0 Å². The van der Waals surface area contributed by atoms with Crippen LogP contribution in [-0.4, -0.2) is 18.5 Å². The van der Waals surface area contributed by atoms with Crippen LogP contribution >= 0.6 is 0 Å². The maximum atomic E-state index is 11.8. The molecule has 1 aromatic carbocycles. The third-order valence-electron chi connectivity index (χ3n) is 3.69. The van der Waals surface area contributed by atoms with Crippen molar-refractivity contribution in [1.29, 1.82) is 0 Å². The van der Waals surface area contributed by atoms with Gasteiger partial charge in [-0.25, -0.2) is 0 Å². The van der Waals surface area contributed by atoms with Crippen molar-refractivity contribution in [3.8, 4) is 0 Å². The first kappa shape index (κ1) is 13.9. The second-order valence-corrected chi connectivity index (χ2v) is 5.27. The lowest BCUT2D eigenvalue weighted by Gasteiger charge is -2.18. The quantitative estimate of drug-likeness (QED) is 0.813. The van der Waals surface area contributed by atoms with E-state index in [9.17, 15) is 4.79 Å². The Hall–Kier alpha value is -1.51. The number of benzene rings is 1. The Kier molecular flexibility index (Phi) is 5.25. The van der Waals surface area contributed by atoms with Crippen molar-refractivity contribution in [3.63, 3.8) is 0 Å². The summed E-state index contributed by atoms with van der Waals surface area (Å²) in [5.74, 6) is 0.00650. The van der Waals surface area contributed by atoms with Crippen LogP contribution in [-0.2, 0) is 0 Å². The van der Waals surface area contributed by atoms with Crippen molar-refractivity contribution in [2.75, 3.05) is 11.9 Å². The van der Waals surface area contributed by atoms with E-state index in [-0.39, 0.29) is 5.91 Å². The predicted octanol–water partition coefficient (Wildman–Crippen LogP) is 3.57. The number of nitrogens with one attached hydrogen (secondary N) is 2. The first-order chi connectivity index (χ1) is 9.29. The third kappa shape index (κ3) is 4.27. The fraction of sp³-hybridized carbons (Fsp3) is 0.562. The van der Waals surface area contributed by atoms with Crippen LogP contribution in [0.5, 0.6) is 0 Å². The first-order valence-electron chi connectivity index (χ1n) is 7.44. The van der Waals surface area contributed by atoms with E-state index < -0.39 is 0 Å². The average Bonchev–Trinajstić information content (AvgIpc) is 2.68. The molecule has 0 saturated heterocycles. The van der Waals surface area contributed by atoms with Crippen LogP contribution in [0.15, 0.2) is 24.3 Å². The normalized spacial score (nSPS) is 16.7. The first-order valence-corrected chi connectivity index (χ1v) is 7.44. The van der Waals surface area contributed by atoms with Crippen LogP contribution in [0.4, 0.5) is 5.69 Å². The van der Waals surface area contributed by atoms with Crippen LogP contribution in [0.1, 0.15) is 55.8 Å². The minimum atomic E-state index is 0.00650. The summed E-state index contributed by atoms with van der Waals surface area (Å²) >= 11 is 0. The molecule has 1 fully saturated rings. The summed E-state index contributed by atoms with van der Waals surface area (Å²) in [6.07, 6.45) is 7.83. The number of carbonyl (C=O) groups excluding carboxylic acids is 1. The minimum Gasteiger partial charge on any atom is -0.382 e. The van der Waals surface area contributed by atoms with Gasteiger partial charge in [0.15, 0.2) is 0 Å². The summed E-state index contributed by atoms with van der Waals surface area (Å²) in [5, 5.41) is 6.41. The highest BCUT2D eigenvalue weighted by Crippen LogP contribution is 2.21. The third-order valence-corrected chi connectivity index (χ3v) is 3.69. The highest BCUT2D eigenvalue weighted by Gasteiger charge is 2.12. The van der Waals surface area contributed by atoms with Crippen molar-refractivity contribution in [3.05, 3.63) is 29.8 Å². The van der Waals surface area contributed by atoms with Gasteiger partial charge < -0.3 is 10.6 Å². The van der Waals surface area contributed by atoms with E-state index in [4.69, 9.17) is 0 Å². The number of hydrogen-bond acceptors (Lipinski definition) is 2. The Labute approximate surface area is 115 Å². The number of rotatable bonds is 4. The molecule has 0 aliphatic heterocycles. The summed E-state index contributed by atoms with van der Waals surface area (Å²) in [6, 6.07) is 8.38. The van der Waals surface area contributed by atoms with Gasteiger partial charge in [0.1, 0.15) is 0 Å². The zero-order valence-electron chi connectivity index (χ0n) is 11.7. The van der Waals surface area contributed by atoms with Crippen molar-refractivity contribution >= 4 is 11.6 Å². The van der Waals surface area contributed by atoms with Gasteiger partial charge in [-0.05, 0) is 38.0 Å². The molecule has 0 spiro atoms. The molecule has 0 radical (unpaired) electrons. The van der Waals surface area contributed by atoms with Gasteiger partial charge in [-0.15, -0.1) is 0 Å². The lowest BCUT2D eigenvalue weighted by atomic mass is 10.1. The van der Waals surface area contributed by atoms with E-state index in [1.807, 2.05) is 31.2 Å². The smallest absolute Gasteiger partial charge is 0.251 e. The standard InChI is InChI=1S/C16H24N2O/c1-2-17-16(19)13-8-7-11-15(12-13)18-14-9-5-3-4-6-10-14/h7-8,11-12,14,18H,2-6,9-10H2,1H3,(H,17,19). The molecule has 3 nitrogen and oxygen atoms in total. The highest BCUT2D eigenvalue weighted by atomic mass is 16.1. The lowest BCUT2D eigenvalue weighted by molar-refractivity contribution is 0.0956. The van der Waals surface area contributed by atoms with E-state index in [0.29, 0.717) is 12.6 Å². The molecule has 0 unspecified atom stereocenters. The van der Waals surface area contributed by atoms with Crippen molar-refractivity contribution < 1.29 is 4.79 Å². The molecule has 104 valence electrons. The molecule has 1 aromatic rings. The summed E-state index contributed by atoms with van der Waals surface area (Å²) in [5.41, 5.74) is 1.80. The maximum Gasteiger partial charge on any atom is 0.251 e. The molecule has 1 aliphatic carbocycles. The van der Waals surface area contributed by atoms with E-state index in [1.54, 1.807) is 0 Å². The second kappa shape index (κ2) is 7.17. The molecule has 0 atom stereocenters. The monoisotopic (exact) mass is 260 g/mol. The second-order valence-electron chi connectivity index (χ2n) is 5.27. The van der Waals surface area contributed by atoms with E-state index in [2.05, 4.69) is 10.6 Å². The largest absolute Gasteiger partial charge is 0.382 e. The molecule has 0 bridgehead atoms. The molecule has 1 amide bonds. The van der Waals surface area contributed by atoms with Crippen molar-refractivity contribution in [2.45, 2.75) is 51.5 Å². The number of amides is 1. The molecular weight excluding hydrogens is 236 g/mol. The van der Waals surface area contributed by atoms with Crippen molar-refractivity contribution in [1.82, 2.24) is 5.32 Å². The van der Waals surface area contributed by atoms with E-state index in [1.165, 1.54) is 38.5 Å². The van der Waals surface area contributed by atoms with E-state index >= 15 is 0 Å². The van der Waals surface area contributed by atoms with Gasteiger partial charge in [0.05, 0.1) is 0 Å². The Morgan fingerprint density at radius 3 is 2.63 bits per heavy atom. The van der Waals surface area contributed by atoms with E-state index in [0.717, 1.165) is 11.3 Å². The molecule has 0 heterocycles. The van der Waals surface area contributed by atoms with Gasteiger partial charge in [-0.2, -0.15) is 0 Å². The Morgan fingerprint density at radius 1 is 1.21 bits per heavy atom. The van der Waals surface area contributed by atoms with Gasteiger partial charge in [0.25, 0.3) is 5.91 Å². The Balaban J connectivity index is 1.99. The number of anilines is 1. The molecule has 3 heteroatoms. The van der Waals surface area contributed by atoms with Gasteiger partial charge in [-0.3, -0.25) is 4.79 Å². The van der Waals surface area contributed by atoms with Crippen LogP contribution in [0.2, 0.25) is 0 Å². The molecule has 1 aliphatic rings. The zero-order chi connectivity index (χ0) is 13.5. The number of hydrogen-bond donors (Lipinski definition) is 2. The van der Waals surface area contributed by atoms with Gasteiger partial charge in [-0.1, -0.05) is 31.7 Å². The molecular formula is C16H24N2O. The zero-order valence-corrected chi connectivity index (χ0v) is 11.7. The van der Waals surface area contributed by atoms with Gasteiger partial charge >= 0.3 is 0 Å². The SMILES string of the molecule is CCNC(=O)c1cccc(NC2CCCCCC2)c1. The average molecular weight is 260 g/mol. The number of carbonyl (C=O) groups is 1.